The predicted molar refractivity (Wildman–Crippen MR) is 126 cm³/mol. The van der Waals surface area contributed by atoms with Gasteiger partial charge in [0.1, 0.15) is 5.52 Å². The van der Waals surface area contributed by atoms with Gasteiger partial charge in [-0.15, -0.1) is 11.3 Å². The molecule has 1 fully saturated rings. The van der Waals surface area contributed by atoms with Crippen molar-refractivity contribution in [3.05, 3.63) is 57.4 Å². The highest BCUT2D eigenvalue weighted by atomic mass is 35.5. The normalized spacial score (nSPS) is 20.1. The molecule has 0 aliphatic carbocycles. The van der Waals surface area contributed by atoms with Crippen LogP contribution in [-0.4, -0.2) is 55.2 Å². The fraction of sp³-hybridized carbons (Fsp3) is 0.333. The largest absolute Gasteiger partial charge is 0.379 e. The lowest BCUT2D eigenvalue weighted by Crippen LogP contribution is -2.42. The van der Waals surface area contributed by atoms with Gasteiger partial charge in [-0.25, -0.2) is 9.98 Å². The van der Waals surface area contributed by atoms with E-state index in [1.807, 2.05) is 31.5 Å². The molecule has 0 amide bonds. The molecule has 0 spiro atoms. The number of rotatable bonds is 5. The van der Waals surface area contributed by atoms with E-state index in [0.29, 0.717) is 5.02 Å². The summed E-state index contributed by atoms with van der Waals surface area (Å²) >= 11 is 9.95. The Morgan fingerprint density at radius 3 is 2.93 bits per heavy atom. The minimum atomic E-state index is -0.209. The zero-order valence-corrected chi connectivity index (χ0v) is 18.9. The highest BCUT2D eigenvalue weighted by molar-refractivity contribution is 7.22. The quantitative estimate of drug-likeness (QED) is 0.620. The SMILES string of the molecule is CNC1N=C(c2cccs2)C=CN1c1nc2c(Cl)cc(CN3CCOCC3)cc2s1. The standard InChI is InChI=1S/C21H22ClN5OS2/c1-23-20-24-16(17-3-2-10-29-17)4-5-27(20)21-25-19-15(22)11-14(12-18(19)30-21)13-26-6-8-28-9-7-26/h2-5,10-12,20,23H,6-9,13H2,1H3. The molecule has 1 saturated heterocycles. The van der Waals surface area contributed by atoms with Crippen molar-refractivity contribution in [2.75, 3.05) is 38.3 Å². The van der Waals surface area contributed by atoms with Crippen LogP contribution >= 0.6 is 34.3 Å². The van der Waals surface area contributed by atoms with Gasteiger partial charge in [0.25, 0.3) is 0 Å². The Labute approximate surface area is 188 Å². The van der Waals surface area contributed by atoms with Crippen LogP contribution in [-0.2, 0) is 11.3 Å². The molecule has 6 nitrogen and oxygen atoms in total. The summed E-state index contributed by atoms with van der Waals surface area (Å²) in [6.45, 7) is 4.37. The van der Waals surface area contributed by atoms with Crippen molar-refractivity contribution < 1.29 is 4.74 Å². The molecule has 30 heavy (non-hydrogen) atoms. The summed E-state index contributed by atoms with van der Waals surface area (Å²) < 4.78 is 6.54. The van der Waals surface area contributed by atoms with E-state index in [0.717, 1.165) is 58.8 Å². The first-order chi connectivity index (χ1) is 14.7. The second-order valence-corrected chi connectivity index (χ2v) is 9.55. The Morgan fingerprint density at radius 2 is 2.17 bits per heavy atom. The summed E-state index contributed by atoms with van der Waals surface area (Å²) in [6.07, 6.45) is 3.87. The number of thiazole rings is 1. The molecule has 4 heterocycles. The van der Waals surface area contributed by atoms with Gasteiger partial charge in [-0.1, -0.05) is 29.0 Å². The lowest BCUT2D eigenvalue weighted by Gasteiger charge is -2.28. The van der Waals surface area contributed by atoms with Crippen molar-refractivity contribution in [3.8, 4) is 0 Å². The number of fused-ring (bicyclic) bond motifs is 1. The zero-order valence-electron chi connectivity index (χ0n) is 16.5. The molecule has 0 saturated carbocycles. The second-order valence-electron chi connectivity index (χ2n) is 7.19. The third-order valence-electron chi connectivity index (χ3n) is 5.18. The summed E-state index contributed by atoms with van der Waals surface area (Å²) in [5.74, 6) is 0. The molecule has 156 valence electrons. The first-order valence-corrected chi connectivity index (χ1v) is 11.9. The van der Waals surface area contributed by atoms with E-state index in [9.17, 15) is 0 Å². The van der Waals surface area contributed by atoms with Crippen LogP contribution in [0.2, 0.25) is 5.02 Å². The summed E-state index contributed by atoms with van der Waals surface area (Å²) in [5, 5.41) is 6.91. The van der Waals surface area contributed by atoms with Crippen molar-refractivity contribution in [1.29, 1.82) is 0 Å². The molecule has 0 bridgehead atoms. The lowest BCUT2D eigenvalue weighted by molar-refractivity contribution is 0.0342. The Kier molecular flexibility index (Phi) is 5.86. The number of anilines is 1. The van der Waals surface area contributed by atoms with Gasteiger partial charge in [0.05, 0.1) is 33.5 Å². The summed E-state index contributed by atoms with van der Waals surface area (Å²) in [6, 6.07) is 8.38. The smallest absolute Gasteiger partial charge is 0.193 e. The number of allylic oxidation sites excluding steroid dienone is 1. The number of halogens is 1. The molecule has 0 radical (unpaired) electrons. The minimum Gasteiger partial charge on any atom is -0.379 e. The predicted octanol–water partition coefficient (Wildman–Crippen LogP) is 4.17. The van der Waals surface area contributed by atoms with Gasteiger partial charge in [-0.2, -0.15) is 0 Å². The number of aromatic nitrogens is 1. The van der Waals surface area contributed by atoms with Gasteiger partial charge in [0, 0.05) is 25.8 Å². The Hall–Kier alpha value is -1.81. The highest BCUT2D eigenvalue weighted by Crippen LogP contribution is 2.36. The molecule has 2 aromatic heterocycles. The summed E-state index contributed by atoms with van der Waals surface area (Å²) in [4.78, 5) is 15.3. The first kappa shape index (κ1) is 20.1. The average Bonchev–Trinajstić information content (AvgIpc) is 3.44. The van der Waals surface area contributed by atoms with Gasteiger partial charge in [-0.3, -0.25) is 15.1 Å². The van der Waals surface area contributed by atoms with E-state index in [4.69, 9.17) is 26.3 Å². The van der Waals surface area contributed by atoms with Gasteiger partial charge in [-0.05, 0) is 42.3 Å². The van der Waals surface area contributed by atoms with Crippen molar-refractivity contribution in [2.45, 2.75) is 12.8 Å². The maximum absolute atomic E-state index is 6.62. The van der Waals surface area contributed by atoms with Crippen molar-refractivity contribution in [2.24, 2.45) is 4.99 Å². The second kappa shape index (κ2) is 8.74. The number of thiophene rings is 1. The first-order valence-electron chi connectivity index (χ1n) is 9.86. The Morgan fingerprint density at radius 1 is 1.30 bits per heavy atom. The molecule has 2 aliphatic rings. The van der Waals surface area contributed by atoms with Crippen LogP contribution < -0.4 is 10.2 Å². The maximum atomic E-state index is 6.62. The fourth-order valence-electron chi connectivity index (χ4n) is 3.66. The average molecular weight is 460 g/mol. The van der Waals surface area contributed by atoms with Crippen LogP contribution in [0.3, 0.4) is 0 Å². The van der Waals surface area contributed by atoms with Crippen molar-refractivity contribution >= 4 is 55.3 Å². The lowest BCUT2D eigenvalue weighted by atomic mass is 10.2. The molecule has 3 aromatic rings. The van der Waals surface area contributed by atoms with Crippen molar-refractivity contribution in [1.82, 2.24) is 15.2 Å². The van der Waals surface area contributed by atoms with Gasteiger partial charge in [0.15, 0.2) is 11.4 Å². The van der Waals surface area contributed by atoms with Gasteiger partial charge < -0.3 is 4.74 Å². The van der Waals surface area contributed by atoms with E-state index in [1.54, 1.807) is 22.7 Å². The molecule has 1 N–H and O–H groups in total. The summed E-state index contributed by atoms with van der Waals surface area (Å²) in [5.41, 5.74) is 3.04. The molecule has 1 unspecified atom stereocenters. The van der Waals surface area contributed by atoms with E-state index >= 15 is 0 Å². The number of hydrogen-bond acceptors (Lipinski definition) is 8. The van der Waals surface area contributed by atoms with E-state index in [2.05, 4.69) is 32.6 Å². The van der Waals surface area contributed by atoms with E-state index < -0.39 is 0 Å². The van der Waals surface area contributed by atoms with E-state index in [1.165, 1.54) is 5.56 Å². The van der Waals surface area contributed by atoms with Crippen LogP contribution in [0.4, 0.5) is 5.13 Å². The third-order valence-corrected chi connectivity index (χ3v) is 7.37. The van der Waals surface area contributed by atoms with Gasteiger partial charge in [0.2, 0.25) is 0 Å². The van der Waals surface area contributed by atoms with E-state index in [-0.39, 0.29) is 6.29 Å². The number of ether oxygens (including phenoxy) is 1. The number of aliphatic imine (C=N–C) groups is 1. The molecule has 1 atom stereocenters. The molecule has 5 rings (SSSR count). The molecule has 2 aliphatic heterocycles. The maximum Gasteiger partial charge on any atom is 0.193 e. The van der Waals surface area contributed by atoms with Crippen LogP contribution in [0.15, 0.2) is 46.9 Å². The van der Waals surface area contributed by atoms with Crippen LogP contribution in [0.25, 0.3) is 10.2 Å². The molecular weight excluding hydrogens is 438 g/mol. The minimum absolute atomic E-state index is 0.209. The monoisotopic (exact) mass is 459 g/mol. The molecule has 9 heteroatoms. The Bertz CT molecular complexity index is 1090. The zero-order chi connectivity index (χ0) is 20.5. The van der Waals surface area contributed by atoms with Crippen LogP contribution in [0.5, 0.6) is 0 Å². The van der Waals surface area contributed by atoms with Gasteiger partial charge >= 0.3 is 0 Å². The molecule has 1 aromatic carbocycles. The topological polar surface area (TPSA) is 53.0 Å². The van der Waals surface area contributed by atoms with Crippen LogP contribution in [0.1, 0.15) is 10.4 Å². The number of nitrogens with one attached hydrogen (secondary N) is 1. The number of hydrogen-bond donors (Lipinski definition) is 1. The highest BCUT2D eigenvalue weighted by Gasteiger charge is 2.23. The number of nitrogens with zero attached hydrogens (tertiary/aromatic N) is 4. The Balaban J connectivity index is 1.42. The fourth-order valence-corrected chi connectivity index (χ4v) is 5.77. The van der Waals surface area contributed by atoms with Crippen LogP contribution in [0, 0.1) is 0 Å². The number of morpholine rings is 1. The number of benzene rings is 1. The third kappa shape index (κ3) is 4.03. The summed E-state index contributed by atoms with van der Waals surface area (Å²) in [7, 11) is 1.91. The van der Waals surface area contributed by atoms with Crippen molar-refractivity contribution in [3.63, 3.8) is 0 Å². The molecular formula is C21H22ClN5OS2.